The summed E-state index contributed by atoms with van der Waals surface area (Å²) in [5.74, 6) is 1.43. The zero-order chi connectivity index (χ0) is 15.2. The Morgan fingerprint density at radius 1 is 1.05 bits per heavy atom. The van der Waals surface area contributed by atoms with Gasteiger partial charge in [-0.2, -0.15) is 0 Å². The van der Waals surface area contributed by atoms with Crippen LogP contribution in [0.15, 0.2) is 36.4 Å². The molecule has 0 heterocycles. The average molecular weight is 324 g/mol. The lowest BCUT2D eigenvalue weighted by Gasteiger charge is -2.12. The molecule has 0 aliphatic rings. The maximum absolute atomic E-state index is 6.15. The summed E-state index contributed by atoms with van der Waals surface area (Å²) in [7, 11) is 0. The van der Waals surface area contributed by atoms with Crippen LogP contribution in [-0.2, 0) is 6.54 Å². The third-order valence-electron chi connectivity index (χ3n) is 3.12. The van der Waals surface area contributed by atoms with Gasteiger partial charge in [0.25, 0.3) is 0 Å². The van der Waals surface area contributed by atoms with Crippen LogP contribution in [0.2, 0.25) is 10.0 Å². The molecule has 2 aromatic rings. The zero-order valence-electron chi connectivity index (χ0n) is 12.2. The highest BCUT2D eigenvalue weighted by atomic mass is 35.5. The van der Waals surface area contributed by atoms with Gasteiger partial charge in [0.05, 0.1) is 5.02 Å². The normalized spacial score (nSPS) is 10.7. The minimum absolute atomic E-state index is 0.511. The van der Waals surface area contributed by atoms with E-state index in [1.165, 1.54) is 5.56 Å². The van der Waals surface area contributed by atoms with Crippen molar-refractivity contribution < 1.29 is 4.74 Å². The molecule has 112 valence electrons. The summed E-state index contributed by atoms with van der Waals surface area (Å²) in [5, 5.41) is 4.49. The first-order valence-corrected chi connectivity index (χ1v) is 7.79. The van der Waals surface area contributed by atoms with Gasteiger partial charge in [-0.1, -0.05) is 42.3 Å². The molecule has 0 atom stereocenters. The fraction of sp³-hybridized carbons (Fsp3) is 0.294. The van der Waals surface area contributed by atoms with Crippen molar-refractivity contribution in [1.82, 2.24) is 5.32 Å². The lowest BCUT2D eigenvalue weighted by molar-refractivity contribution is 0.478. The lowest BCUT2D eigenvalue weighted by atomic mass is 10.1. The molecule has 0 spiro atoms. The Bertz CT molecular complexity index is 614. The second kappa shape index (κ2) is 7.69. The van der Waals surface area contributed by atoms with Crippen molar-refractivity contribution in [2.24, 2.45) is 0 Å². The van der Waals surface area contributed by atoms with Crippen molar-refractivity contribution in [2.75, 3.05) is 6.54 Å². The summed E-state index contributed by atoms with van der Waals surface area (Å²) >= 11 is 12.1. The third kappa shape index (κ3) is 4.63. The third-order valence-corrected chi connectivity index (χ3v) is 3.65. The number of ether oxygens (including phenoxy) is 1. The van der Waals surface area contributed by atoms with E-state index in [0.717, 1.165) is 30.8 Å². The second-order valence-electron chi connectivity index (χ2n) is 4.95. The van der Waals surface area contributed by atoms with E-state index in [2.05, 4.69) is 24.4 Å². The number of benzene rings is 2. The predicted molar refractivity (Wildman–Crippen MR) is 89.7 cm³/mol. The highest BCUT2D eigenvalue weighted by molar-refractivity contribution is 6.35. The molecule has 21 heavy (non-hydrogen) atoms. The maximum Gasteiger partial charge on any atom is 0.146 e. The van der Waals surface area contributed by atoms with Gasteiger partial charge in [-0.25, -0.2) is 0 Å². The van der Waals surface area contributed by atoms with Gasteiger partial charge in [0, 0.05) is 11.6 Å². The Kier molecular flexibility index (Phi) is 5.92. The van der Waals surface area contributed by atoms with Gasteiger partial charge in [0.1, 0.15) is 11.5 Å². The van der Waals surface area contributed by atoms with Crippen molar-refractivity contribution in [2.45, 2.75) is 26.8 Å². The van der Waals surface area contributed by atoms with Crippen LogP contribution in [0.1, 0.15) is 24.5 Å². The molecule has 1 N–H and O–H groups in total. The smallest absolute Gasteiger partial charge is 0.146 e. The average Bonchev–Trinajstić information content (AvgIpc) is 2.45. The first kappa shape index (κ1) is 16.2. The Morgan fingerprint density at radius 3 is 2.57 bits per heavy atom. The van der Waals surface area contributed by atoms with E-state index in [-0.39, 0.29) is 0 Å². The topological polar surface area (TPSA) is 21.3 Å². The van der Waals surface area contributed by atoms with Crippen molar-refractivity contribution in [3.05, 3.63) is 57.6 Å². The van der Waals surface area contributed by atoms with E-state index in [1.54, 1.807) is 18.2 Å². The first-order chi connectivity index (χ1) is 10.1. The standard InChI is InChI=1S/C17H19Cl2NO/c1-3-8-20-11-13-5-4-12(2)17(9-13)21-16-7-6-14(18)10-15(16)19/h4-7,9-10,20H,3,8,11H2,1-2H3. The molecule has 2 rings (SSSR count). The number of rotatable bonds is 6. The van der Waals surface area contributed by atoms with Crippen LogP contribution in [0, 0.1) is 6.92 Å². The van der Waals surface area contributed by atoms with Crippen LogP contribution in [0.5, 0.6) is 11.5 Å². The fourth-order valence-electron chi connectivity index (χ4n) is 1.95. The molecule has 0 unspecified atom stereocenters. The van der Waals surface area contributed by atoms with E-state index in [9.17, 15) is 0 Å². The molecule has 0 amide bonds. The largest absolute Gasteiger partial charge is 0.456 e. The minimum atomic E-state index is 0.511. The number of aryl methyl sites for hydroxylation is 1. The summed E-state index contributed by atoms with van der Waals surface area (Å²) in [6.45, 7) is 6.01. The van der Waals surface area contributed by atoms with Gasteiger partial charge in [0.15, 0.2) is 0 Å². The molecular formula is C17H19Cl2NO. The Hall–Kier alpha value is -1.22. The first-order valence-electron chi connectivity index (χ1n) is 7.03. The van der Waals surface area contributed by atoms with Crippen molar-refractivity contribution in [1.29, 1.82) is 0 Å². The molecule has 0 bridgehead atoms. The van der Waals surface area contributed by atoms with Crippen LogP contribution in [0.25, 0.3) is 0 Å². The summed E-state index contributed by atoms with van der Waals surface area (Å²) in [4.78, 5) is 0. The molecule has 0 saturated carbocycles. The quantitative estimate of drug-likeness (QED) is 0.699. The molecule has 0 aliphatic heterocycles. The molecule has 0 fully saturated rings. The van der Waals surface area contributed by atoms with Crippen LogP contribution in [0.3, 0.4) is 0 Å². The Morgan fingerprint density at radius 2 is 1.86 bits per heavy atom. The summed E-state index contributed by atoms with van der Waals surface area (Å²) < 4.78 is 5.92. The van der Waals surface area contributed by atoms with E-state index < -0.39 is 0 Å². The molecule has 0 saturated heterocycles. The minimum Gasteiger partial charge on any atom is -0.456 e. The van der Waals surface area contributed by atoms with Gasteiger partial charge < -0.3 is 10.1 Å². The number of hydrogen-bond donors (Lipinski definition) is 1. The summed E-state index contributed by atoms with van der Waals surface area (Å²) in [6, 6.07) is 11.4. The van der Waals surface area contributed by atoms with Gasteiger partial charge in [-0.15, -0.1) is 0 Å². The molecule has 4 heteroatoms. The van der Waals surface area contributed by atoms with E-state index >= 15 is 0 Å². The maximum atomic E-state index is 6.15. The SMILES string of the molecule is CCCNCc1ccc(C)c(Oc2ccc(Cl)cc2Cl)c1. The summed E-state index contributed by atoms with van der Waals surface area (Å²) in [6.07, 6.45) is 1.12. The van der Waals surface area contributed by atoms with Crippen molar-refractivity contribution in [3.8, 4) is 11.5 Å². The van der Waals surface area contributed by atoms with E-state index in [4.69, 9.17) is 27.9 Å². The number of nitrogens with one attached hydrogen (secondary N) is 1. The molecule has 0 aromatic heterocycles. The van der Waals surface area contributed by atoms with Crippen LogP contribution in [-0.4, -0.2) is 6.54 Å². The van der Waals surface area contributed by atoms with Crippen molar-refractivity contribution >= 4 is 23.2 Å². The number of hydrogen-bond acceptors (Lipinski definition) is 2. The van der Waals surface area contributed by atoms with E-state index in [1.807, 2.05) is 13.0 Å². The molecule has 2 nitrogen and oxygen atoms in total. The monoisotopic (exact) mass is 323 g/mol. The predicted octanol–water partition coefficient (Wildman–Crippen LogP) is 5.59. The highest BCUT2D eigenvalue weighted by Gasteiger charge is 2.07. The Balaban J connectivity index is 2.16. The van der Waals surface area contributed by atoms with Gasteiger partial charge >= 0.3 is 0 Å². The molecule has 0 radical (unpaired) electrons. The van der Waals surface area contributed by atoms with Crippen LogP contribution < -0.4 is 10.1 Å². The number of halogens is 2. The van der Waals surface area contributed by atoms with Crippen molar-refractivity contribution in [3.63, 3.8) is 0 Å². The van der Waals surface area contributed by atoms with Crippen LogP contribution >= 0.6 is 23.2 Å². The van der Waals surface area contributed by atoms with E-state index in [0.29, 0.717) is 15.8 Å². The molecule has 2 aromatic carbocycles. The summed E-state index contributed by atoms with van der Waals surface area (Å²) in [5.41, 5.74) is 2.26. The lowest BCUT2D eigenvalue weighted by Crippen LogP contribution is -2.13. The zero-order valence-corrected chi connectivity index (χ0v) is 13.8. The Labute approximate surface area is 136 Å². The second-order valence-corrected chi connectivity index (χ2v) is 5.80. The molecular weight excluding hydrogens is 305 g/mol. The van der Waals surface area contributed by atoms with Crippen LogP contribution in [0.4, 0.5) is 0 Å². The highest BCUT2D eigenvalue weighted by Crippen LogP contribution is 2.33. The fourth-order valence-corrected chi connectivity index (χ4v) is 2.40. The van der Waals surface area contributed by atoms with Gasteiger partial charge in [-0.3, -0.25) is 0 Å². The van der Waals surface area contributed by atoms with Gasteiger partial charge in [0.2, 0.25) is 0 Å². The van der Waals surface area contributed by atoms with Gasteiger partial charge in [-0.05, 0) is 55.3 Å². The molecule has 0 aliphatic carbocycles.